The van der Waals surface area contributed by atoms with Crippen LogP contribution in [-0.4, -0.2) is 51.0 Å². The maximum absolute atomic E-state index is 12.8. The van der Waals surface area contributed by atoms with Crippen LogP contribution in [0.1, 0.15) is 41.0 Å². The molecule has 0 bridgehead atoms. The molecule has 154 valence electrons. The van der Waals surface area contributed by atoms with E-state index in [0.29, 0.717) is 12.0 Å². The predicted molar refractivity (Wildman–Crippen MR) is 101 cm³/mol. The zero-order valence-corrected chi connectivity index (χ0v) is 17.1. The van der Waals surface area contributed by atoms with Gasteiger partial charge in [0.25, 0.3) is 0 Å². The normalized spacial score (nSPS) is 48.5. The number of aliphatic hydroxyl groups excluding tert-OH is 1. The average Bonchev–Trinajstić information content (AvgIpc) is 2.98. The summed E-state index contributed by atoms with van der Waals surface area (Å²) in [5.74, 6) is -2.70. The van der Waals surface area contributed by atoms with Gasteiger partial charge in [-0.05, 0) is 24.5 Å². The van der Waals surface area contributed by atoms with E-state index in [-0.39, 0.29) is 18.3 Å². The monoisotopic (exact) mass is 390 g/mol. The fraction of sp³-hybridized carbons (Fsp3) is 0.727. The molecule has 0 spiro atoms. The van der Waals surface area contributed by atoms with Gasteiger partial charge in [-0.25, -0.2) is 0 Å². The van der Waals surface area contributed by atoms with Crippen molar-refractivity contribution in [3.8, 4) is 0 Å². The zero-order valence-electron chi connectivity index (χ0n) is 17.1. The van der Waals surface area contributed by atoms with Crippen LogP contribution in [0.4, 0.5) is 0 Å². The van der Waals surface area contributed by atoms with Crippen molar-refractivity contribution in [3.05, 3.63) is 23.3 Å². The fourth-order valence-electron chi connectivity index (χ4n) is 6.57. The summed E-state index contributed by atoms with van der Waals surface area (Å²) >= 11 is 0. The fourth-order valence-corrected chi connectivity index (χ4v) is 6.57. The lowest BCUT2D eigenvalue weighted by molar-refractivity contribution is -0.192. The maximum Gasteiger partial charge on any atom is 0.302 e. The molecule has 0 amide bonds. The summed E-state index contributed by atoms with van der Waals surface area (Å²) in [6.45, 7) is 8.73. The highest BCUT2D eigenvalue weighted by Gasteiger charge is 2.83. The second kappa shape index (κ2) is 5.77. The Kier molecular flexibility index (Phi) is 4.08. The third-order valence-electron chi connectivity index (χ3n) is 8.23. The van der Waals surface area contributed by atoms with Crippen LogP contribution in [0.2, 0.25) is 0 Å². The number of hydrogen-bond donors (Lipinski definition) is 3. The molecule has 28 heavy (non-hydrogen) atoms. The van der Waals surface area contributed by atoms with Crippen LogP contribution in [0.3, 0.4) is 0 Å². The Morgan fingerprint density at radius 1 is 1.25 bits per heavy atom. The Hall–Kier alpha value is -1.50. The third-order valence-corrected chi connectivity index (χ3v) is 8.23. The highest BCUT2D eigenvalue weighted by Crippen LogP contribution is 2.74. The average molecular weight is 390 g/mol. The highest BCUT2D eigenvalue weighted by atomic mass is 16.5. The molecule has 0 aromatic heterocycles. The smallest absolute Gasteiger partial charge is 0.302 e. The molecule has 3 N–H and O–H groups in total. The Morgan fingerprint density at radius 3 is 2.50 bits per heavy atom. The molecule has 0 aliphatic heterocycles. The van der Waals surface area contributed by atoms with Crippen LogP contribution in [0.5, 0.6) is 0 Å². The number of esters is 1. The summed E-state index contributed by atoms with van der Waals surface area (Å²) in [5.41, 5.74) is -1.81. The molecule has 0 aromatic carbocycles. The molecule has 2 saturated carbocycles. The van der Waals surface area contributed by atoms with Gasteiger partial charge in [0.2, 0.25) is 0 Å². The summed E-state index contributed by atoms with van der Waals surface area (Å²) in [4.78, 5) is 24.2. The quantitative estimate of drug-likeness (QED) is 0.486. The Bertz CT molecular complexity index is 810. The molecule has 6 heteroatoms. The van der Waals surface area contributed by atoms with Crippen molar-refractivity contribution in [2.45, 2.75) is 58.3 Å². The number of ether oxygens (including phenoxy) is 1. The minimum atomic E-state index is -1.36. The molecule has 8 atom stereocenters. The summed E-state index contributed by atoms with van der Waals surface area (Å²) < 4.78 is 5.21. The molecule has 0 aromatic rings. The number of carbonyl (C=O) groups excluding carboxylic acids is 2. The molecule has 2 fully saturated rings. The second-order valence-corrected chi connectivity index (χ2v) is 9.83. The SMILES string of the molecule is CC(=O)OCC1=C[C@H]2[C@@H]3C(C)(C)[C@]3(O)[C@H](O)[C@@H](C)[C@]2(O)[C@@H]2C=C(C)C(=O)[C@@H]2C1. The summed E-state index contributed by atoms with van der Waals surface area (Å²) in [7, 11) is 0. The Morgan fingerprint density at radius 2 is 1.89 bits per heavy atom. The van der Waals surface area contributed by atoms with Crippen LogP contribution in [0.25, 0.3) is 0 Å². The van der Waals surface area contributed by atoms with Crippen molar-refractivity contribution in [2.24, 2.45) is 35.0 Å². The lowest BCUT2D eigenvalue weighted by Crippen LogP contribution is -2.62. The molecule has 0 heterocycles. The van der Waals surface area contributed by atoms with Crippen molar-refractivity contribution in [1.29, 1.82) is 0 Å². The Labute approximate surface area is 165 Å². The molecule has 4 aliphatic rings. The van der Waals surface area contributed by atoms with Gasteiger partial charge in [-0.15, -0.1) is 0 Å². The lowest BCUT2D eigenvalue weighted by atomic mass is 9.60. The van der Waals surface area contributed by atoms with E-state index in [2.05, 4.69) is 0 Å². The van der Waals surface area contributed by atoms with Gasteiger partial charge < -0.3 is 20.1 Å². The number of aliphatic hydroxyl groups is 3. The van der Waals surface area contributed by atoms with Gasteiger partial charge >= 0.3 is 5.97 Å². The number of ketones is 1. The molecule has 6 nitrogen and oxygen atoms in total. The van der Waals surface area contributed by atoms with E-state index in [1.54, 1.807) is 13.8 Å². The first-order chi connectivity index (χ1) is 12.9. The largest absolute Gasteiger partial charge is 0.461 e. The van der Waals surface area contributed by atoms with Crippen LogP contribution in [0, 0.1) is 35.0 Å². The second-order valence-electron chi connectivity index (χ2n) is 9.83. The van der Waals surface area contributed by atoms with Gasteiger partial charge in [0, 0.05) is 41.9 Å². The first-order valence-corrected chi connectivity index (χ1v) is 10.1. The predicted octanol–water partition coefficient (Wildman–Crippen LogP) is 1.39. The van der Waals surface area contributed by atoms with E-state index in [4.69, 9.17) is 4.74 Å². The summed E-state index contributed by atoms with van der Waals surface area (Å²) in [6, 6.07) is 0. The summed E-state index contributed by atoms with van der Waals surface area (Å²) in [5, 5.41) is 34.3. The lowest BCUT2D eigenvalue weighted by Gasteiger charge is -2.50. The van der Waals surface area contributed by atoms with Crippen LogP contribution in [-0.2, 0) is 14.3 Å². The number of allylic oxidation sites excluding steroid dienone is 1. The Balaban J connectivity index is 1.85. The first kappa shape index (κ1) is 19.8. The summed E-state index contributed by atoms with van der Waals surface area (Å²) in [6.07, 6.45) is 3.07. The van der Waals surface area contributed by atoms with Crippen LogP contribution in [0.15, 0.2) is 23.3 Å². The van der Waals surface area contributed by atoms with E-state index >= 15 is 0 Å². The van der Waals surface area contributed by atoms with Gasteiger partial charge in [-0.1, -0.05) is 32.9 Å². The number of hydrogen-bond acceptors (Lipinski definition) is 6. The van der Waals surface area contributed by atoms with Gasteiger partial charge in [0.1, 0.15) is 12.2 Å². The number of fused-ring (bicyclic) bond motifs is 5. The molecular weight excluding hydrogens is 360 g/mol. The molecular formula is C22H30O6. The highest BCUT2D eigenvalue weighted by molar-refractivity contribution is 5.99. The first-order valence-electron chi connectivity index (χ1n) is 10.1. The molecule has 4 rings (SSSR count). The third kappa shape index (κ3) is 2.20. The van der Waals surface area contributed by atoms with E-state index in [1.807, 2.05) is 26.0 Å². The topological polar surface area (TPSA) is 104 Å². The number of Topliss-reactive ketones (excluding diaryl/α,β-unsaturated/α-hetero) is 1. The van der Waals surface area contributed by atoms with E-state index in [0.717, 1.165) is 5.57 Å². The molecule has 0 radical (unpaired) electrons. The van der Waals surface area contributed by atoms with E-state index in [1.165, 1.54) is 6.92 Å². The van der Waals surface area contributed by atoms with Gasteiger partial charge in [0.15, 0.2) is 5.78 Å². The molecule has 0 unspecified atom stereocenters. The van der Waals surface area contributed by atoms with Gasteiger partial charge in [-0.3, -0.25) is 9.59 Å². The maximum atomic E-state index is 12.8. The van der Waals surface area contributed by atoms with Crippen molar-refractivity contribution in [3.63, 3.8) is 0 Å². The van der Waals surface area contributed by atoms with Crippen LogP contribution >= 0.6 is 0 Å². The van der Waals surface area contributed by atoms with Gasteiger partial charge in [-0.2, -0.15) is 0 Å². The zero-order chi connectivity index (χ0) is 20.8. The standard InChI is InChI=1S/C22H30O6/c1-10-6-15-14(17(10)24)7-13(9-28-12(3)23)8-16-18-20(4,5)22(18,27)19(25)11(2)21(15,16)26/h6,8,11,14-16,18-19,25-27H,7,9H2,1-5H3/t11-,14-,15-,16+,18-,19-,21+,22-/m1/s1. The van der Waals surface area contributed by atoms with Gasteiger partial charge in [0.05, 0.1) is 11.7 Å². The molecule has 0 saturated heterocycles. The van der Waals surface area contributed by atoms with Crippen LogP contribution < -0.4 is 0 Å². The number of carbonyl (C=O) groups is 2. The van der Waals surface area contributed by atoms with E-state index in [9.17, 15) is 24.9 Å². The van der Waals surface area contributed by atoms with Crippen molar-refractivity contribution >= 4 is 11.8 Å². The van der Waals surface area contributed by atoms with E-state index < -0.39 is 52.4 Å². The van der Waals surface area contributed by atoms with Crippen molar-refractivity contribution in [1.82, 2.24) is 0 Å². The van der Waals surface area contributed by atoms with Crippen molar-refractivity contribution < 1.29 is 29.6 Å². The minimum Gasteiger partial charge on any atom is -0.461 e. The molecule has 4 aliphatic carbocycles. The minimum absolute atomic E-state index is 0.00891. The number of rotatable bonds is 2. The van der Waals surface area contributed by atoms with Crippen molar-refractivity contribution in [2.75, 3.05) is 6.61 Å².